The summed E-state index contributed by atoms with van der Waals surface area (Å²) in [4.78, 5) is 12.2. The Morgan fingerprint density at radius 1 is 1.45 bits per heavy atom. The van der Waals surface area contributed by atoms with Gasteiger partial charge in [-0.1, -0.05) is 13.0 Å². The molecular weight excluding hydrogens is 278 g/mol. The maximum Gasteiger partial charge on any atom is 0.241 e. The number of nitrogens with two attached hydrogens (primary N) is 1. The molecule has 1 aliphatic heterocycles. The zero-order chi connectivity index (χ0) is 14.9. The van der Waals surface area contributed by atoms with Crippen molar-refractivity contribution in [1.82, 2.24) is 5.32 Å². The van der Waals surface area contributed by atoms with E-state index in [0.717, 1.165) is 18.5 Å². The zero-order valence-corrected chi connectivity index (χ0v) is 12.3. The summed E-state index contributed by atoms with van der Waals surface area (Å²) in [5.41, 5.74) is 1.26. The minimum Gasteiger partial charge on any atom is -0.324 e. The van der Waals surface area contributed by atoms with Gasteiger partial charge < -0.3 is 10.6 Å². The summed E-state index contributed by atoms with van der Waals surface area (Å²) in [6.07, 6.45) is 0.953. The number of carbonyl (C=O) groups excluding carboxylic acids is 1. The number of hydrogen-bond acceptors (Lipinski definition) is 4. The monoisotopic (exact) mass is 297 g/mol. The Kier molecular flexibility index (Phi) is 4.12. The van der Waals surface area contributed by atoms with E-state index in [1.165, 1.54) is 12.1 Å². The summed E-state index contributed by atoms with van der Waals surface area (Å²) in [6, 6.07) is 4.20. The molecule has 2 rings (SSSR count). The van der Waals surface area contributed by atoms with Crippen molar-refractivity contribution in [3.8, 4) is 0 Å². The van der Waals surface area contributed by atoms with Crippen molar-refractivity contribution in [3.05, 3.63) is 23.8 Å². The van der Waals surface area contributed by atoms with Gasteiger partial charge in [0.1, 0.15) is 0 Å². The largest absolute Gasteiger partial charge is 0.324 e. The van der Waals surface area contributed by atoms with Crippen molar-refractivity contribution < 1.29 is 13.2 Å². The number of rotatable bonds is 3. The molecule has 0 saturated carbocycles. The Morgan fingerprint density at radius 3 is 2.70 bits per heavy atom. The van der Waals surface area contributed by atoms with Gasteiger partial charge in [0, 0.05) is 5.69 Å². The van der Waals surface area contributed by atoms with Gasteiger partial charge in [0.25, 0.3) is 0 Å². The molecule has 0 bridgehead atoms. The van der Waals surface area contributed by atoms with E-state index < -0.39 is 10.0 Å². The first-order valence-electron chi connectivity index (χ1n) is 6.47. The Hall–Kier alpha value is -1.44. The molecule has 1 amide bonds. The normalized spacial score (nSPS) is 22.8. The maximum absolute atomic E-state index is 12.2. The van der Waals surface area contributed by atoms with Crippen molar-refractivity contribution >= 4 is 21.6 Å². The summed E-state index contributed by atoms with van der Waals surface area (Å²) >= 11 is 0. The van der Waals surface area contributed by atoms with Crippen LogP contribution >= 0.6 is 0 Å². The zero-order valence-electron chi connectivity index (χ0n) is 11.5. The summed E-state index contributed by atoms with van der Waals surface area (Å²) in [5.74, 6) is 0.112. The standard InChI is InChI=1S/C13H19N3O3S/c1-8-3-4-10(20(14,18)19)7-11(8)16-13(17)12-9(2)5-6-15-12/h3-4,7,9,12,15H,5-6H2,1-2H3,(H,16,17)(H2,14,18,19). The summed E-state index contributed by atoms with van der Waals surface area (Å²) < 4.78 is 22.7. The summed E-state index contributed by atoms with van der Waals surface area (Å²) in [6.45, 7) is 4.63. The first-order valence-corrected chi connectivity index (χ1v) is 8.01. The van der Waals surface area contributed by atoms with Gasteiger partial charge in [-0.05, 0) is 43.5 Å². The van der Waals surface area contributed by atoms with E-state index in [4.69, 9.17) is 5.14 Å². The van der Waals surface area contributed by atoms with Crippen LogP contribution in [0.1, 0.15) is 18.9 Å². The van der Waals surface area contributed by atoms with Crippen LogP contribution in [-0.4, -0.2) is 26.9 Å². The number of aryl methyl sites for hydroxylation is 1. The molecule has 1 saturated heterocycles. The highest BCUT2D eigenvalue weighted by Gasteiger charge is 2.29. The first kappa shape index (κ1) is 15.0. The highest BCUT2D eigenvalue weighted by molar-refractivity contribution is 7.89. The van der Waals surface area contributed by atoms with E-state index >= 15 is 0 Å². The number of amides is 1. The van der Waals surface area contributed by atoms with Gasteiger partial charge in [-0.3, -0.25) is 4.79 Å². The number of carbonyl (C=O) groups is 1. The molecule has 1 aliphatic rings. The number of primary sulfonamides is 1. The van der Waals surface area contributed by atoms with Gasteiger partial charge in [0.05, 0.1) is 10.9 Å². The molecule has 1 aromatic carbocycles. The Bertz CT molecular complexity index is 628. The Balaban J connectivity index is 2.22. The van der Waals surface area contributed by atoms with Crippen molar-refractivity contribution in [1.29, 1.82) is 0 Å². The number of anilines is 1. The van der Waals surface area contributed by atoms with Crippen LogP contribution in [0.5, 0.6) is 0 Å². The topological polar surface area (TPSA) is 101 Å². The molecule has 6 nitrogen and oxygen atoms in total. The lowest BCUT2D eigenvalue weighted by Crippen LogP contribution is -2.39. The molecule has 2 unspecified atom stereocenters. The van der Waals surface area contributed by atoms with E-state index in [9.17, 15) is 13.2 Å². The molecule has 2 atom stereocenters. The summed E-state index contributed by atoms with van der Waals surface area (Å²) in [5, 5.41) is 11.0. The average molecular weight is 297 g/mol. The lowest BCUT2D eigenvalue weighted by molar-refractivity contribution is -0.118. The van der Waals surface area contributed by atoms with Crippen molar-refractivity contribution in [3.63, 3.8) is 0 Å². The first-order chi connectivity index (χ1) is 9.29. The minimum absolute atomic E-state index is 0.00849. The van der Waals surface area contributed by atoms with Crippen LogP contribution in [0, 0.1) is 12.8 Å². The molecular formula is C13H19N3O3S. The number of benzene rings is 1. The van der Waals surface area contributed by atoms with E-state index in [1.54, 1.807) is 13.0 Å². The van der Waals surface area contributed by atoms with Crippen molar-refractivity contribution in [2.45, 2.75) is 31.2 Å². The third kappa shape index (κ3) is 3.17. The smallest absolute Gasteiger partial charge is 0.241 e. The molecule has 4 N–H and O–H groups in total. The fourth-order valence-corrected chi connectivity index (χ4v) is 2.85. The lowest BCUT2D eigenvalue weighted by Gasteiger charge is -2.17. The second-order valence-electron chi connectivity index (χ2n) is 5.21. The Labute approximate surface area is 118 Å². The van der Waals surface area contributed by atoms with Gasteiger partial charge in [0.15, 0.2) is 0 Å². The van der Waals surface area contributed by atoms with Crippen LogP contribution in [0.15, 0.2) is 23.1 Å². The van der Waals surface area contributed by atoms with Crippen molar-refractivity contribution in [2.75, 3.05) is 11.9 Å². The molecule has 0 aromatic heterocycles. The molecule has 7 heteroatoms. The summed E-state index contributed by atoms with van der Waals surface area (Å²) in [7, 11) is -3.77. The molecule has 20 heavy (non-hydrogen) atoms. The van der Waals surface area contributed by atoms with Crippen LogP contribution in [-0.2, 0) is 14.8 Å². The van der Waals surface area contributed by atoms with Crippen molar-refractivity contribution in [2.24, 2.45) is 11.1 Å². The molecule has 0 radical (unpaired) electrons. The molecule has 1 heterocycles. The van der Waals surface area contributed by atoms with Gasteiger partial charge >= 0.3 is 0 Å². The molecule has 0 aliphatic carbocycles. The fourth-order valence-electron chi connectivity index (χ4n) is 2.31. The van der Waals surface area contributed by atoms with Crippen LogP contribution in [0.25, 0.3) is 0 Å². The van der Waals surface area contributed by atoms with Gasteiger partial charge in [-0.25, -0.2) is 13.6 Å². The van der Waals surface area contributed by atoms with E-state index in [2.05, 4.69) is 10.6 Å². The quantitative estimate of drug-likeness (QED) is 0.759. The van der Waals surface area contributed by atoms with Crippen LogP contribution < -0.4 is 15.8 Å². The van der Waals surface area contributed by atoms with Gasteiger partial charge in [-0.15, -0.1) is 0 Å². The van der Waals surface area contributed by atoms with Gasteiger partial charge in [-0.2, -0.15) is 0 Å². The van der Waals surface area contributed by atoms with E-state index in [0.29, 0.717) is 5.69 Å². The molecule has 1 fully saturated rings. The second-order valence-corrected chi connectivity index (χ2v) is 6.77. The maximum atomic E-state index is 12.2. The fraction of sp³-hybridized carbons (Fsp3) is 0.462. The van der Waals surface area contributed by atoms with E-state index in [-0.39, 0.29) is 22.8 Å². The number of nitrogens with one attached hydrogen (secondary N) is 2. The van der Waals surface area contributed by atoms with Crippen LogP contribution in [0.4, 0.5) is 5.69 Å². The third-order valence-corrected chi connectivity index (χ3v) is 4.52. The minimum atomic E-state index is -3.77. The molecule has 1 aromatic rings. The molecule has 0 spiro atoms. The third-order valence-electron chi connectivity index (χ3n) is 3.61. The molecule has 110 valence electrons. The van der Waals surface area contributed by atoms with Gasteiger partial charge in [0.2, 0.25) is 15.9 Å². The average Bonchev–Trinajstić information content (AvgIpc) is 2.77. The number of hydrogen-bond donors (Lipinski definition) is 3. The highest BCUT2D eigenvalue weighted by atomic mass is 32.2. The van der Waals surface area contributed by atoms with E-state index in [1.807, 2.05) is 6.92 Å². The SMILES string of the molecule is Cc1ccc(S(N)(=O)=O)cc1NC(=O)C1NCCC1C. The lowest BCUT2D eigenvalue weighted by atomic mass is 10.0. The predicted octanol–water partition coefficient (Wildman–Crippen LogP) is 0.579. The van der Waals surface area contributed by atoms with Crippen LogP contribution in [0.2, 0.25) is 0 Å². The second kappa shape index (κ2) is 5.51. The highest BCUT2D eigenvalue weighted by Crippen LogP contribution is 2.21. The predicted molar refractivity (Wildman–Crippen MR) is 76.8 cm³/mol. The number of sulfonamides is 1. The Morgan fingerprint density at radius 2 is 2.15 bits per heavy atom. The van der Waals surface area contributed by atoms with Crippen LogP contribution in [0.3, 0.4) is 0 Å².